The molecule has 0 bridgehead atoms. The zero-order valence-electron chi connectivity index (χ0n) is 11.1. The minimum absolute atomic E-state index is 0.618. The average molecular weight is 242 g/mol. The Bertz CT molecular complexity index is 540. The van der Waals surface area contributed by atoms with Crippen LogP contribution < -0.4 is 5.73 Å². The third kappa shape index (κ3) is 2.38. The van der Waals surface area contributed by atoms with E-state index in [1.54, 1.807) is 6.20 Å². The number of hydrogen-bond acceptors (Lipinski definition) is 4. The molecule has 0 aliphatic carbocycles. The molecule has 0 aromatic carbocycles. The van der Waals surface area contributed by atoms with Crippen molar-refractivity contribution in [1.29, 1.82) is 0 Å². The third-order valence-electron chi connectivity index (χ3n) is 3.04. The van der Waals surface area contributed by atoms with Crippen molar-refractivity contribution >= 4 is 0 Å². The van der Waals surface area contributed by atoms with Gasteiger partial charge < -0.3 is 5.73 Å². The van der Waals surface area contributed by atoms with Crippen LogP contribution >= 0.6 is 0 Å². The lowest BCUT2D eigenvalue weighted by Gasteiger charge is -2.10. The van der Waals surface area contributed by atoms with Gasteiger partial charge in [-0.25, -0.2) is 9.97 Å². The molecule has 2 rings (SSSR count). The highest BCUT2D eigenvalue weighted by atomic mass is 14.9. The van der Waals surface area contributed by atoms with Crippen molar-refractivity contribution in [3.05, 3.63) is 40.8 Å². The lowest BCUT2D eigenvalue weighted by molar-refractivity contribution is 0.896. The second-order valence-electron chi connectivity index (χ2n) is 4.40. The first-order valence-corrected chi connectivity index (χ1v) is 6.09. The van der Waals surface area contributed by atoms with E-state index in [0.717, 1.165) is 34.6 Å². The number of aryl methyl sites for hydroxylation is 3. The molecule has 0 radical (unpaired) electrons. The second kappa shape index (κ2) is 5.23. The fraction of sp³-hybridized carbons (Fsp3) is 0.357. The van der Waals surface area contributed by atoms with Crippen LogP contribution in [0.15, 0.2) is 18.3 Å². The van der Waals surface area contributed by atoms with E-state index in [4.69, 9.17) is 5.73 Å². The molecule has 94 valence electrons. The maximum absolute atomic E-state index is 5.60. The molecule has 0 unspecified atom stereocenters. The summed E-state index contributed by atoms with van der Waals surface area (Å²) in [4.78, 5) is 13.5. The van der Waals surface area contributed by atoms with Crippen molar-refractivity contribution in [2.75, 3.05) is 6.54 Å². The number of hydrogen-bond donors (Lipinski definition) is 1. The van der Waals surface area contributed by atoms with Gasteiger partial charge >= 0.3 is 0 Å². The van der Waals surface area contributed by atoms with Gasteiger partial charge in [-0.05, 0) is 50.9 Å². The van der Waals surface area contributed by atoms with Crippen LogP contribution in [-0.4, -0.2) is 21.5 Å². The minimum atomic E-state index is 0.618. The molecular weight excluding hydrogens is 224 g/mol. The van der Waals surface area contributed by atoms with Gasteiger partial charge in [-0.2, -0.15) is 0 Å². The molecule has 2 heterocycles. The van der Waals surface area contributed by atoms with Crippen LogP contribution in [0, 0.1) is 20.8 Å². The number of nitrogens with two attached hydrogens (primary N) is 1. The number of nitrogens with zero attached hydrogens (tertiary/aromatic N) is 3. The third-order valence-corrected chi connectivity index (χ3v) is 3.04. The van der Waals surface area contributed by atoms with Gasteiger partial charge in [-0.3, -0.25) is 4.98 Å². The first kappa shape index (κ1) is 12.6. The molecule has 4 nitrogen and oxygen atoms in total. The normalized spacial score (nSPS) is 10.7. The minimum Gasteiger partial charge on any atom is -0.330 e. The highest BCUT2D eigenvalue weighted by molar-refractivity contribution is 5.55. The van der Waals surface area contributed by atoms with Crippen LogP contribution in [0.1, 0.15) is 22.5 Å². The SMILES string of the molecule is Cc1cccnc1-c1nc(C)c(CCN)c(C)n1. The number of pyridine rings is 1. The Balaban J connectivity index is 2.52. The molecule has 0 fully saturated rings. The van der Waals surface area contributed by atoms with E-state index in [1.807, 2.05) is 32.9 Å². The summed E-state index contributed by atoms with van der Waals surface area (Å²) in [7, 11) is 0. The molecule has 0 saturated carbocycles. The van der Waals surface area contributed by atoms with Crippen molar-refractivity contribution in [2.45, 2.75) is 27.2 Å². The van der Waals surface area contributed by atoms with Crippen molar-refractivity contribution in [3.63, 3.8) is 0 Å². The van der Waals surface area contributed by atoms with Gasteiger partial charge in [0.05, 0.1) is 0 Å². The van der Waals surface area contributed by atoms with Gasteiger partial charge in [0.15, 0.2) is 5.82 Å². The molecular formula is C14H18N4. The van der Waals surface area contributed by atoms with Gasteiger partial charge in [0.1, 0.15) is 5.69 Å². The van der Waals surface area contributed by atoms with Crippen molar-refractivity contribution in [1.82, 2.24) is 15.0 Å². The molecule has 2 aromatic heterocycles. The summed E-state index contributed by atoms with van der Waals surface area (Å²) >= 11 is 0. The Morgan fingerprint density at radius 3 is 2.33 bits per heavy atom. The highest BCUT2D eigenvalue weighted by Crippen LogP contribution is 2.19. The predicted octanol–water partition coefficient (Wildman–Crippen LogP) is 1.97. The van der Waals surface area contributed by atoms with Crippen LogP contribution in [-0.2, 0) is 6.42 Å². The summed E-state index contributed by atoms with van der Waals surface area (Å²) in [5, 5.41) is 0. The average Bonchev–Trinajstić information content (AvgIpc) is 2.34. The maximum atomic E-state index is 5.60. The van der Waals surface area contributed by atoms with E-state index in [9.17, 15) is 0 Å². The zero-order chi connectivity index (χ0) is 13.1. The lowest BCUT2D eigenvalue weighted by Crippen LogP contribution is -2.09. The fourth-order valence-corrected chi connectivity index (χ4v) is 2.07. The molecule has 2 aromatic rings. The number of rotatable bonds is 3. The van der Waals surface area contributed by atoms with Crippen LogP contribution in [0.2, 0.25) is 0 Å². The van der Waals surface area contributed by atoms with E-state index >= 15 is 0 Å². The van der Waals surface area contributed by atoms with E-state index in [0.29, 0.717) is 12.4 Å². The Hall–Kier alpha value is -1.81. The molecule has 18 heavy (non-hydrogen) atoms. The quantitative estimate of drug-likeness (QED) is 0.893. The van der Waals surface area contributed by atoms with E-state index in [-0.39, 0.29) is 0 Å². The van der Waals surface area contributed by atoms with E-state index in [2.05, 4.69) is 15.0 Å². The molecule has 2 N–H and O–H groups in total. The molecule has 0 saturated heterocycles. The molecule has 0 aliphatic heterocycles. The molecule has 4 heteroatoms. The Kier molecular flexibility index (Phi) is 3.67. The summed E-state index contributed by atoms with van der Waals surface area (Å²) in [5.41, 5.74) is 10.7. The lowest BCUT2D eigenvalue weighted by atomic mass is 10.1. The molecule has 0 amide bonds. The van der Waals surface area contributed by atoms with Crippen LogP contribution in [0.4, 0.5) is 0 Å². The zero-order valence-corrected chi connectivity index (χ0v) is 11.1. The second-order valence-corrected chi connectivity index (χ2v) is 4.40. The molecule has 0 spiro atoms. The largest absolute Gasteiger partial charge is 0.330 e. The van der Waals surface area contributed by atoms with E-state index in [1.165, 1.54) is 0 Å². The van der Waals surface area contributed by atoms with Crippen molar-refractivity contribution in [2.24, 2.45) is 5.73 Å². The fourth-order valence-electron chi connectivity index (χ4n) is 2.07. The van der Waals surface area contributed by atoms with Crippen LogP contribution in [0.25, 0.3) is 11.5 Å². The van der Waals surface area contributed by atoms with Gasteiger partial charge in [0, 0.05) is 17.6 Å². The summed E-state index contributed by atoms with van der Waals surface area (Å²) in [6.07, 6.45) is 2.59. The Labute approximate surface area is 107 Å². The summed E-state index contributed by atoms with van der Waals surface area (Å²) in [5.74, 6) is 0.698. The van der Waals surface area contributed by atoms with Gasteiger partial charge in [0.2, 0.25) is 0 Å². The van der Waals surface area contributed by atoms with Gasteiger partial charge in [-0.1, -0.05) is 6.07 Å². The summed E-state index contributed by atoms with van der Waals surface area (Å²) in [6, 6.07) is 3.94. The monoisotopic (exact) mass is 242 g/mol. The van der Waals surface area contributed by atoms with Crippen molar-refractivity contribution < 1.29 is 0 Å². The molecule has 0 atom stereocenters. The van der Waals surface area contributed by atoms with Gasteiger partial charge in [-0.15, -0.1) is 0 Å². The predicted molar refractivity (Wildman–Crippen MR) is 72.2 cm³/mol. The Morgan fingerprint density at radius 2 is 1.78 bits per heavy atom. The van der Waals surface area contributed by atoms with Gasteiger partial charge in [0.25, 0.3) is 0 Å². The van der Waals surface area contributed by atoms with Crippen LogP contribution in [0.3, 0.4) is 0 Å². The molecule has 0 aliphatic rings. The first-order valence-electron chi connectivity index (χ1n) is 6.09. The summed E-state index contributed by atoms with van der Waals surface area (Å²) in [6.45, 7) is 6.64. The smallest absolute Gasteiger partial charge is 0.178 e. The standard InChI is InChI=1S/C14H18N4/c1-9-5-4-8-16-13(9)14-17-10(2)12(6-7-15)11(3)18-14/h4-5,8H,6-7,15H2,1-3H3. The van der Waals surface area contributed by atoms with Crippen molar-refractivity contribution in [3.8, 4) is 11.5 Å². The first-order chi connectivity index (χ1) is 8.63. The number of aromatic nitrogens is 3. The highest BCUT2D eigenvalue weighted by Gasteiger charge is 2.11. The summed E-state index contributed by atoms with van der Waals surface area (Å²) < 4.78 is 0. The van der Waals surface area contributed by atoms with Crippen LogP contribution in [0.5, 0.6) is 0 Å². The topological polar surface area (TPSA) is 64.7 Å². The Morgan fingerprint density at radius 1 is 1.11 bits per heavy atom. The maximum Gasteiger partial charge on any atom is 0.178 e. The van der Waals surface area contributed by atoms with E-state index < -0.39 is 0 Å².